The Morgan fingerprint density at radius 1 is 1.11 bits per heavy atom. The molecule has 1 amide bonds. The molecule has 1 aliphatic rings. The molecule has 1 fully saturated rings. The number of aryl methyl sites for hydroxylation is 1. The number of alkyl halides is 1. The summed E-state index contributed by atoms with van der Waals surface area (Å²) in [6.45, 7) is 3.73. The molecule has 6 nitrogen and oxygen atoms in total. The molecule has 1 saturated carbocycles. The second-order valence-electron chi connectivity index (χ2n) is 6.99. The fourth-order valence-electron chi connectivity index (χ4n) is 3.07. The first-order valence-corrected chi connectivity index (χ1v) is 9.17. The summed E-state index contributed by atoms with van der Waals surface area (Å²) < 4.78 is 13.0. The molecule has 0 bridgehead atoms. The number of nitrogens with zero attached hydrogens (tertiary/aromatic N) is 3. The number of carbonyl (C=O) groups is 2. The van der Waals surface area contributed by atoms with Gasteiger partial charge in [-0.15, -0.1) is 0 Å². The molecule has 0 aliphatic heterocycles. The Morgan fingerprint density at radius 2 is 1.82 bits per heavy atom. The van der Waals surface area contributed by atoms with Crippen LogP contribution in [0.4, 0.5) is 10.2 Å². The number of anilines is 1. The van der Waals surface area contributed by atoms with E-state index in [2.05, 4.69) is 20.3 Å². The Bertz CT molecular complexity index is 1100. The van der Waals surface area contributed by atoms with Crippen LogP contribution < -0.4 is 5.32 Å². The van der Waals surface area contributed by atoms with Crippen molar-refractivity contribution >= 4 is 28.3 Å². The van der Waals surface area contributed by atoms with Gasteiger partial charge in [0.05, 0.1) is 11.6 Å². The lowest BCUT2D eigenvalue weighted by Gasteiger charge is -2.09. The van der Waals surface area contributed by atoms with Gasteiger partial charge in [0.25, 0.3) is 0 Å². The first-order valence-electron chi connectivity index (χ1n) is 9.17. The topological polar surface area (TPSA) is 84.8 Å². The predicted molar refractivity (Wildman–Crippen MR) is 104 cm³/mol. The highest BCUT2D eigenvalue weighted by molar-refractivity contribution is 5.96. The van der Waals surface area contributed by atoms with Gasteiger partial charge in [-0.3, -0.25) is 19.6 Å². The van der Waals surface area contributed by atoms with Crippen LogP contribution in [0.1, 0.15) is 35.8 Å². The van der Waals surface area contributed by atoms with Crippen molar-refractivity contribution in [2.24, 2.45) is 5.92 Å². The summed E-state index contributed by atoms with van der Waals surface area (Å²) in [5.41, 5.74) is 2.94. The zero-order valence-electron chi connectivity index (χ0n) is 15.6. The summed E-state index contributed by atoms with van der Waals surface area (Å²) in [5, 5.41) is 4.31. The Kier molecular flexibility index (Phi) is 4.58. The molecule has 4 rings (SSSR count). The number of fused-ring (bicyclic) bond motifs is 1. The average Bonchev–Trinajstić information content (AvgIpc) is 3.43. The van der Waals surface area contributed by atoms with Crippen LogP contribution in [0.5, 0.6) is 0 Å². The minimum atomic E-state index is -1.04. The summed E-state index contributed by atoms with van der Waals surface area (Å²) in [6.07, 6.45) is 4.66. The van der Waals surface area contributed by atoms with Crippen LogP contribution >= 0.6 is 0 Å². The monoisotopic (exact) mass is 378 g/mol. The van der Waals surface area contributed by atoms with Crippen molar-refractivity contribution < 1.29 is 14.0 Å². The number of ketones is 1. The van der Waals surface area contributed by atoms with E-state index in [0.29, 0.717) is 17.9 Å². The third-order valence-corrected chi connectivity index (χ3v) is 4.90. The third-order valence-electron chi connectivity index (χ3n) is 4.90. The number of Topliss-reactive ketones (excluding diaryl/α,β-unsaturated/α-hetero) is 1. The lowest BCUT2D eigenvalue weighted by Crippen LogP contribution is -2.15. The van der Waals surface area contributed by atoms with Crippen LogP contribution in [0.3, 0.4) is 0 Å². The number of pyridine rings is 3. The zero-order chi connectivity index (χ0) is 19.8. The summed E-state index contributed by atoms with van der Waals surface area (Å²) in [6, 6.07) is 5.38. The number of aromatic nitrogens is 3. The fourth-order valence-corrected chi connectivity index (χ4v) is 3.07. The Balaban J connectivity index is 1.60. The number of rotatable bonds is 5. The average molecular weight is 378 g/mol. The Labute approximate surface area is 161 Å². The number of nitrogens with one attached hydrogen (secondary N) is 1. The van der Waals surface area contributed by atoms with Gasteiger partial charge in [0.2, 0.25) is 5.91 Å². The number of halogens is 1. The maximum atomic E-state index is 13.0. The van der Waals surface area contributed by atoms with Gasteiger partial charge in [-0.05, 0) is 37.1 Å². The molecule has 0 saturated heterocycles. The fraction of sp³-hybridized carbons (Fsp3) is 0.286. The minimum absolute atomic E-state index is 0.00479. The van der Waals surface area contributed by atoms with E-state index in [-0.39, 0.29) is 18.1 Å². The lowest BCUT2D eigenvalue weighted by molar-refractivity contribution is -0.117. The summed E-state index contributed by atoms with van der Waals surface area (Å²) >= 11 is 0. The van der Waals surface area contributed by atoms with Gasteiger partial charge in [-0.1, -0.05) is 6.92 Å². The molecule has 1 aliphatic carbocycles. The number of amides is 1. The molecule has 2 atom stereocenters. The summed E-state index contributed by atoms with van der Waals surface area (Å²) in [7, 11) is 0. The molecule has 0 spiro atoms. The molecule has 142 valence electrons. The molecule has 0 radical (unpaired) electrons. The number of carbonyl (C=O) groups excluding carboxylic acids is 2. The van der Waals surface area contributed by atoms with E-state index in [1.54, 1.807) is 30.7 Å². The van der Waals surface area contributed by atoms with Gasteiger partial charge in [-0.2, -0.15) is 0 Å². The van der Waals surface area contributed by atoms with Gasteiger partial charge < -0.3 is 5.32 Å². The highest BCUT2D eigenvalue weighted by atomic mass is 19.1. The van der Waals surface area contributed by atoms with Gasteiger partial charge in [0, 0.05) is 41.3 Å². The molecule has 3 heterocycles. The largest absolute Gasteiger partial charge is 0.310 e. The first-order chi connectivity index (χ1) is 13.5. The molecule has 1 N–H and O–H groups in total. The summed E-state index contributed by atoms with van der Waals surface area (Å²) in [4.78, 5) is 36.7. The van der Waals surface area contributed by atoms with Gasteiger partial charge >= 0.3 is 0 Å². The molecule has 0 unspecified atom stereocenters. The van der Waals surface area contributed by atoms with Crippen LogP contribution in [0.25, 0.3) is 22.0 Å². The normalized spacial score (nSPS) is 18.1. The predicted octanol–water partition coefficient (Wildman–Crippen LogP) is 3.89. The van der Waals surface area contributed by atoms with Gasteiger partial charge in [0.15, 0.2) is 5.78 Å². The zero-order valence-corrected chi connectivity index (χ0v) is 15.6. The molecular formula is C21H19FN4O2. The first kappa shape index (κ1) is 18.2. The molecule has 3 aromatic rings. The van der Waals surface area contributed by atoms with Crippen molar-refractivity contribution in [3.05, 3.63) is 48.0 Å². The van der Waals surface area contributed by atoms with E-state index >= 15 is 0 Å². The highest BCUT2D eigenvalue weighted by Gasteiger charge is 2.43. The molecule has 3 aromatic heterocycles. The van der Waals surface area contributed by atoms with Crippen molar-refractivity contribution in [3.8, 4) is 11.3 Å². The number of hydrogen-bond acceptors (Lipinski definition) is 5. The Morgan fingerprint density at radius 3 is 2.50 bits per heavy atom. The summed E-state index contributed by atoms with van der Waals surface area (Å²) in [5.74, 6) is -0.514. The van der Waals surface area contributed by atoms with E-state index in [0.717, 1.165) is 27.6 Å². The van der Waals surface area contributed by atoms with E-state index < -0.39 is 12.1 Å². The van der Waals surface area contributed by atoms with E-state index in [1.165, 1.54) is 0 Å². The van der Waals surface area contributed by atoms with Crippen molar-refractivity contribution in [3.63, 3.8) is 0 Å². The maximum absolute atomic E-state index is 13.0. The smallest absolute Gasteiger partial charge is 0.231 e. The third kappa shape index (κ3) is 3.47. The second kappa shape index (κ2) is 7.07. The highest BCUT2D eigenvalue weighted by Crippen LogP contribution is 2.34. The van der Waals surface area contributed by atoms with Crippen LogP contribution in [0.15, 0.2) is 36.8 Å². The Hall–Kier alpha value is -3.22. The number of hydrogen-bond donors (Lipinski definition) is 1. The quantitative estimate of drug-likeness (QED) is 0.681. The second-order valence-corrected chi connectivity index (χ2v) is 6.99. The lowest BCUT2D eigenvalue weighted by atomic mass is 10.0. The SMILES string of the molecule is CCC(=O)c1cc(C)c(-c2cc3cnc(NC(=O)[C@@H]4C[C@@H]4F)cc3cn2)cn1. The van der Waals surface area contributed by atoms with Gasteiger partial charge in [-0.25, -0.2) is 9.37 Å². The van der Waals surface area contributed by atoms with E-state index in [1.807, 2.05) is 19.9 Å². The molecule has 28 heavy (non-hydrogen) atoms. The van der Waals surface area contributed by atoms with Crippen LogP contribution in [-0.4, -0.2) is 32.8 Å². The van der Waals surface area contributed by atoms with Crippen molar-refractivity contribution in [1.82, 2.24) is 15.0 Å². The molecule has 0 aromatic carbocycles. The van der Waals surface area contributed by atoms with E-state index in [4.69, 9.17) is 0 Å². The molecule has 7 heteroatoms. The van der Waals surface area contributed by atoms with Crippen molar-refractivity contribution in [2.45, 2.75) is 32.9 Å². The van der Waals surface area contributed by atoms with Gasteiger partial charge in [0.1, 0.15) is 17.7 Å². The maximum Gasteiger partial charge on any atom is 0.231 e. The van der Waals surface area contributed by atoms with Crippen LogP contribution in [-0.2, 0) is 4.79 Å². The standard InChI is InChI=1S/C21H19FN4O2/c1-3-19(27)18-4-11(2)15(10-24-18)17-5-12-9-25-20(6-13(12)8-23-17)26-21(28)14-7-16(14)22/h4-6,8-10,14,16H,3,7H2,1-2H3,(H,25,26,28)/t14-,16+/m1/s1. The minimum Gasteiger partial charge on any atom is -0.310 e. The van der Waals surface area contributed by atoms with Crippen LogP contribution in [0, 0.1) is 12.8 Å². The molecular weight excluding hydrogens is 359 g/mol. The van der Waals surface area contributed by atoms with Crippen LogP contribution in [0.2, 0.25) is 0 Å². The van der Waals surface area contributed by atoms with E-state index in [9.17, 15) is 14.0 Å². The van der Waals surface area contributed by atoms with Crippen molar-refractivity contribution in [1.29, 1.82) is 0 Å². The van der Waals surface area contributed by atoms with Crippen molar-refractivity contribution in [2.75, 3.05) is 5.32 Å².